The second-order valence-electron chi connectivity index (χ2n) is 7.96. The Balaban J connectivity index is 1.48. The van der Waals surface area contributed by atoms with Crippen molar-refractivity contribution in [2.45, 2.75) is 18.5 Å². The molecule has 0 atom stereocenters. The van der Waals surface area contributed by atoms with Gasteiger partial charge in [-0.2, -0.15) is 0 Å². The van der Waals surface area contributed by atoms with Gasteiger partial charge >= 0.3 is 0 Å². The van der Waals surface area contributed by atoms with Crippen LogP contribution in [-0.2, 0) is 0 Å². The summed E-state index contributed by atoms with van der Waals surface area (Å²) < 4.78 is 27.8. The van der Waals surface area contributed by atoms with Gasteiger partial charge in [0.25, 0.3) is 5.56 Å². The monoisotopic (exact) mass is 490 g/mol. The van der Waals surface area contributed by atoms with E-state index in [1.54, 1.807) is 29.9 Å². The third kappa shape index (κ3) is 4.46. The highest BCUT2D eigenvalue weighted by molar-refractivity contribution is 7.99. The minimum Gasteiger partial charge on any atom is -0.495 e. The number of nitrogens with zero attached hydrogens (tertiary/aromatic N) is 4. The highest BCUT2D eigenvalue weighted by atomic mass is 32.2. The third-order valence-electron chi connectivity index (χ3n) is 5.57. The van der Waals surface area contributed by atoms with Gasteiger partial charge in [0.2, 0.25) is 5.78 Å². The second-order valence-corrected chi connectivity index (χ2v) is 9.02. The summed E-state index contributed by atoms with van der Waals surface area (Å²) in [6, 6.07) is 19.1. The molecule has 0 saturated heterocycles. The van der Waals surface area contributed by atoms with Crippen molar-refractivity contribution in [1.82, 2.24) is 19.2 Å². The number of halogens is 1. The predicted molar refractivity (Wildman–Crippen MR) is 135 cm³/mol. The number of fused-ring (bicyclic) bond motifs is 3. The molecule has 5 aromatic rings. The van der Waals surface area contributed by atoms with Gasteiger partial charge in [-0.05, 0) is 67.4 Å². The first-order chi connectivity index (χ1) is 17.1. The van der Waals surface area contributed by atoms with Crippen molar-refractivity contribution in [1.29, 1.82) is 0 Å². The topological polar surface area (TPSA) is 70.7 Å². The van der Waals surface area contributed by atoms with E-state index in [-0.39, 0.29) is 11.4 Å². The number of benzene rings is 3. The summed E-state index contributed by atoms with van der Waals surface area (Å²) in [5.41, 5.74) is 2.17. The Bertz CT molecular complexity index is 1560. The molecule has 9 heteroatoms. The molecule has 0 unspecified atom stereocenters. The number of aromatic nitrogens is 4. The van der Waals surface area contributed by atoms with E-state index in [9.17, 15) is 9.18 Å². The Morgan fingerprint density at radius 1 is 1.03 bits per heavy atom. The fourth-order valence-electron chi connectivity index (χ4n) is 3.91. The molecule has 0 N–H and O–H groups in total. The minimum atomic E-state index is -0.291. The average Bonchev–Trinajstić information content (AvgIpc) is 3.29. The Morgan fingerprint density at radius 3 is 2.63 bits per heavy atom. The average molecular weight is 491 g/mol. The SMILES string of the molecule is COc1ccc(C)cc1-n1c(=O)c2ccccc2n2c(SCCCOc3ccc(F)cc3)nnc12. The fraction of sp³-hybridized carbons (Fsp3) is 0.192. The van der Waals surface area contributed by atoms with Gasteiger partial charge in [-0.15, -0.1) is 10.2 Å². The van der Waals surface area contributed by atoms with Crippen LogP contribution in [0.25, 0.3) is 22.4 Å². The number of para-hydroxylation sites is 1. The van der Waals surface area contributed by atoms with E-state index in [2.05, 4.69) is 10.2 Å². The van der Waals surface area contributed by atoms with Crippen molar-refractivity contribution in [3.63, 3.8) is 0 Å². The maximum Gasteiger partial charge on any atom is 0.267 e. The number of hydrogen-bond acceptors (Lipinski definition) is 6. The summed E-state index contributed by atoms with van der Waals surface area (Å²) in [4.78, 5) is 13.6. The maximum absolute atomic E-state index is 13.6. The van der Waals surface area contributed by atoms with Crippen molar-refractivity contribution in [2.24, 2.45) is 0 Å². The highest BCUT2D eigenvalue weighted by Gasteiger charge is 2.20. The van der Waals surface area contributed by atoms with E-state index in [0.29, 0.717) is 40.1 Å². The molecule has 3 aromatic carbocycles. The predicted octanol–water partition coefficient (Wildman–Crippen LogP) is 5.05. The molecule has 2 heterocycles. The Labute approximate surface area is 205 Å². The van der Waals surface area contributed by atoms with Gasteiger partial charge in [0.15, 0.2) is 5.16 Å². The zero-order valence-corrected chi connectivity index (χ0v) is 20.1. The van der Waals surface area contributed by atoms with Crippen LogP contribution in [0.15, 0.2) is 76.7 Å². The van der Waals surface area contributed by atoms with Crippen LogP contribution >= 0.6 is 11.8 Å². The molecule has 0 aliphatic rings. The molecule has 178 valence electrons. The lowest BCUT2D eigenvalue weighted by atomic mass is 10.2. The summed E-state index contributed by atoms with van der Waals surface area (Å²) in [5.74, 6) is 2.06. The first kappa shape index (κ1) is 22.9. The highest BCUT2D eigenvalue weighted by Crippen LogP contribution is 2.28. The summed E-state index contributed by atoms with van der Waals surface area (Å²) >= 11 is 1.53. The molecular formula is C26H23FN4O3S. The van der Waals surface area contributed by atoms with Gasteiger partial charge in [0.05, 0.1) is 30.3 Å². The van der Waals surface area contributed by atoms with Gasteiger partial charge < -0.3 is 9.47 Å². The van der Waals surface area contributed by atoms with Gasteiger partial charge in [-0.3, -0.25) is 9.20 Å². The molecule has 0 aliphatic heterocycles. The summed E-state index contributed by atoms with van der Waals surface area (Å²) in [6.07, 6.45) is 0.750. The molecular weight excluding hydrogens is 467 g/mol. The summed E-state index contributed by atoms with van der Waals surface area (Å²) in [6.45, 7) is 2.45. The Kier molecular flexibility index (Phi) is 6.41. The Hall–Kier alpha value is -3.85. The molecule has 0 saturated carbocycles. The van der Waals surface area contributed by atoms with Crippen LogP contribution in [0, 0.1) is 12.7 Å². The number of methoxy groups -OCH3 is 1. The van der Waals surface area contributed by atoms with E-state index in [4.69, 9.17) is 9.47 Å². The van der Waals surface area contributed by atoms with Gasteiger partial charge in [-0.1, -0.05) is 30.0 Å². The number of ether oxygens (including phenoxy) is 2. The van der Waals surface area contributed by atoms with Gasteiger partial charge in [0.1, 0.15) is 17.3 Å². The van der Waals surface area contributed by atoms with Crippen molar-refractivity contribution >= 4 is 28.4 Å². The van der Waals surface area contributed by atoms with Crippen molar-refractivity contribution in [3.05, 3.63) is 88.5 Å². The standard InChI is InChI=1S/C26H23FN4O3S/c1-17-8-13-23(33-2)22(16-17)30-24(32)20-6-3-4-7-21(20)31-25(30)28-29-26(31)35-15-5-14-34-19-11-9-18(27)10-12-19/h3-4,6-13,16H,5,14-15H2,1-2H3. The van der Waals surface area contributed by atoms with Crippen LogP contribution in [0.4, 0.5) is 4.39 Å². The lowest BCUT2D eigenvalue weighted by molar-refractivity contribution is 0.318. The van der Waals surface area contributed by atoms with Crippen molar-refractivity contribution in [2.75, 3.05) is 19.5 Å². The van der Waals surface area contributed by atoms with Crippen LogP contribution in [0.1, 0.15) is 12.0 Å². The zero-order valence-electron chi connectivity index (χ0n) is 19.3. The fourth-order valence-corrected chi connectivity index (χ4v) is 4.76. The zero-order chi connectivity index (χ0) is 24.4. The van der Waals surface area contributed by atoms with Crippen molar-refractivity contribution in [3.8, 4) is 17.2 Å². The molecule has 35 heavy (non-hydrogen) atoms. The molecule has 0 fully saturated rings. The summed E-state index contributed by atoms with van der Waals surface area (Å²) in [5, 5.41) is 10.0. The molecule has 0 radical (unpaired) electrons. The first-order valence-corrected chi connectivity index (χ1v) is 12.1. The molecule has 0 bridgehead atoms. The van der Waals surface area contributed by atoms with Gasteiger partial charge in [-0.25, -0.2) is 8.96 Å². The minimum absolute atomic E-state index is 0.186. The van der Waals surface area contributed by atoms with Crippen LogP contribution in [0.5, 0.6) is 11.5 Å². The number of thioether (sulfide) groups is 1. The van der Waals surface area contributed by atoms with Crippen LogP contribution < -0.4 is 15.0 Å². The van der Waals surface area contributed by atoms with E-state index >= 15 is 0 Å². The molecule has 2 aromatic heterocycles. The molecule has 5 rings (SSSR count). The molecule has 7 nitrogen and oxygen atoms in total. The lowest BCUT2D eigenvalue weighted by Gasteiger charge is -2.14. The third-order valence-corrected chi connectivity index (χ3v) is 6.59. The normalized spacial score (nSPS) is 11.3. The maximum atomic E-state index is 13.6. The smallest absolute Gasteiger partial charge is 0.267 e. The van der Waals surface area contributed by atoms with Gasteiger partial charge in [0, 0.05) is 5.75 Å². The number of rotatable bonds is 8. The quantitative estimate of drug-likeness (QED) is 0.224. The molecule has 0 amide bonds. The van der Waals surface area contributed by atoms with Crippen LogP contribution in [-0.4, -0.2) is 38.6 Å². The number of aryl methyl sites for hydroxylation is 1. The molecule has 0 spiro atoms. The largest absolute Gasteiger partial charge is 0.495 e. The van der Waals surface area contributed by atoms with Crippen LogP contribution in [0.3, 0.4) is 0 Å². The van der Waals surface area contributed by atoms with E-state index < -0.39 is 0 Å². The van der Waals surface area contributed by atoms with E-state index in [1.807, 2.05) is 47.7 Å². The summed E-state index contributed by atoms with van der Waals surface area (Å²) in [7, 11) is 1.58. The van der Waals surface area contributed by atoms with Crippen LogP contribution in [0.2, 0.25) is 0 Å². The van der Waals surface area contributed by atoms with E-state index in [1.165, 1.54) is 23.9 Å². The first-order valence-electron chi connectivity index (χ1n) is 11.1. The second kappa shape index (κ2) is 9.79. The van der Waals surface area contributed by atoms with Crippen molar-refractivity contribution < 1.29 is 13.9 Å². The Morgan fingerprint density at radius 2 is 1.83 bits per heavy atom. The molecule has 0 aliphatic carbocycles. The lowest BCUT2D eigenvalue weighted by Crippen LogP contribution is -2.22. The van der Waals surface area contributed by atoms with E-state index in [0.717, 1.165) is 23.3 Å². The number of hydrogen-bond donors (Lipinski definition) is 0.